The molecule has 0 aliphatic carbocycles. The van der Waals surface area contributed by atoms with Gasteiger partial charge >= 0.3 is 0 Å². The predicted molar refractivity (Wildman–Crippen MR) is 86.5 cm³/mol. The quantitative estimate of drug-likeness (QED) is 0.239. The highest BCUT2D eigenvalue weighted by molar-refractivity contribution is 6.59. The first kappa shape index (κ1) is 26.1. The standard InChI is InChI=1S/C10BF7O2.2C3H9N/c12-4-1-2(6(14)10(18)9(4)17)5(13)8(16)7(15)3(1)11(19)20;2*1-4(2)3/h;2*1-3H3/q-2;;/p+2. The molecule has 0 atom stereocenters. The Labute approximate surface area is 157 Å². The largest absolute Gasteiger partial charge is 0.889 e. The topological polar surface area (TPSA) is 55.0 Å². The molecular formula is C16H20BF7N2O2. The van der Waals surface area contributed by atoms with E-state index in [1.807, 2.05) is 0 Å². The fourth-order valence-corrected chi connectivity index (χ4v) is 1.75. The molecule has 0 heterocycles. The normalized spacial score (nSPS) is 10.6. The third kappa shape index (κ3) is 6.06. The van der Waals surface area contributed by atoms with Crippen molar-refractivity contribution in [2.45, 2.75) is 0 Å². The molecule has 0 radical (unpaired) electrons. The zero-order valence-corrected chi connectivity index (χ0v) is 16.0. The molecule has 2 aromatic carbocycles. The van der Waals surface area contributed by atoms with E-state index in [1.54, 1.807) is 0 Å². The summed E-state index contributed by atoms with van der Waals surface area (Å²) < 4.78 is 92.4. The fourth-order valence-electron chi connectivity index (χ4n) is 1.75. The van der Waals surface area contributed by atoms with Crippen LogP contribution in [0.25, 0.3) is 10.8 Å². The maximum absolute atomic E-state index is 13.4. The van der Waals surface area contributed by atoms with Gasteiger partial charge in [-0.05, 0) is 0 Å². The molecule has 2 aromatic rings. The highest BCUT2D eigenvalue weighted by Gasteiger charge is 2.29. The van der Waals surface area contributed by atoms with Crippen LogP contribution in [0, 0.1) is 40.7 Å². The maximum atomic E-state index is 13.4. The van der Waals surface area contributed by atoms with E-state index < -0.39 is 64.1 Å². The first-order valence-electron chi connectivity index (χ1n) is 7.83. The first-order valence-corrected chi connectivity index (χ1v) is 7.83. The van der Waals surface area contributed by atoms with Crippen LogP contribution in [0.5, 0.6) is 0 Å². The summed E-state index contributed by atoms with van der Waals surface area (Å²) in [5, 5.41) is 17.8. The minimum Gasteiger partial charge on any atom is -0.889 e. The zero-order chi connectivity index (χ0) is 22.5. The molecule has 0 aromatic heterocycles. The van der Waals surface area contributed by atoms with Gasteiger partial charge in [0.15, 0.2) is 40.7 Å². The van der Waals surface area contributed by atoms with Gasteiger partial charge in [-0.15, -0.1) is 0 Å². The number of fused-ring (bicyclic) bond motifs is 1. The van der Waals surface area contributed by atoms with Crippen LogP contribution in [-0.4, -0.2) is 49.4 Å². The molecule has 0 unspecified atom stereocenters. The van der Waals surface area contributed by atoms with Gasteiger partial charge in [-0.25, -0.2) is 30.7 Å². The summed E-state index contributed by atoms with van der Waals surface area (Å²) >= 11 is 0. The lowest BCUT2D eigenvalue weighted by atomic mass is 9.76. The molecule has 0 fully saturated rings. The Morgan fingerprint density at radius 1 is 0.500 bits per heavy atom. The van der Waals surface area contributed by atoms with Crippen molar-refractivity contribution in [1.29, 1.82) is 0 Å². The number of hydrogen-bond donors (Lipinski definition) is 2. The van der Waals surface area contributed by atoms with Crippen molar-refractivity contribution in [3.8, 4) is 0 Å². The van der Waals surface area contributed by atoms with E-state index in [-0.39, 0.29) is 0 Å². The van der Waals surface area contributed by atoms with Crippen LogP contribution < -0.4 is 25.3 Å². The summed E-state index contributed by atoms with van der Waals surface area (Å²) in [5.74, 6) is -16.9. The molecule has 0 amide bonds. The third-order valence-corrected chi connectivity index (χ3v) is 2.61. The summed E-state index contributed by atoms with van der Waals surface area (Å²) in [7, 11) is 9.09. The number of hydrogen-bond acceptors (Lipinski definition) is 2. The molecule has 12 heteroatoms. The number of halogens is 7. The van der Waals surface area contributed by atoms with Gasteiger partial charge in [0.2, 0.25) is 0 Å². The van der Waals surface area contributed by atoms with Gasteiger partial charge in [0.05, 0.1) is 47.7 Å². The molecule has 0 aliphatic rings. The van der Waals surface area contributed by atoms with Crippen molar-refractivity contribution in [2.75, 3.05) is 42.3 Å². The second kappa shape index (κ2) is 10.6. The highest BCUT2D eigenvalue weighted by Crippen LogP contribution is 2.30. The van der Waals surface area contributed by atoms with Crippen LogP contribution in [0.1, 0.15) is 0 Å². The Morgan fingerprint density at radius 2 is 0.750 bits per heavy atom. The van der Waals surface area contributed by atoms with Crippen molar-refractivity contribution >= 4 is 23.4 Å². The minimum absolute atomic E-state index is 1.42. The second-order valence-corrected chi connectivity index (χ2v) is 6.69. The van der Waals surface area contributed by atoms with Crippen molar-refractivity contribution in [3.63, 3.8) is 0 Å². The Hall–Kier alpha value is -1.89. The van der Waals surface area contributed by atoms with Crippen LogP contribution in [0.4, 0.5) is 30.7 Å². The lowest BCUT2D eigenvalue weighted by molar-refractivity contribution is -0.836. The number of rotatable bonds is 1. The molecule has 0 saturated carbocycles. The van der Waals surface area contributed by atoms with Crippen LogP contribution in [0.3, 0.4) is 0 Å². The van der Waals surface area contributed by atoms with E-state index in [0.717, 1.165) is 0 Å². The lowest BCUT2D eigenvalue weighted by Crippen LogP contribution is -3.02. The van der Waals surface area contributed by atoms with E-state index in [9.17, 15) is 40.8 Å². The Balaban J connectivity index is 0.000000776. The molecule has 0 spiro atoms. The van der Waals surface area contributed by atoms with Gasteiger partial charge in [0.1, 0.15) is 0 Å². The average Bonchev–Trinajstić information content (AvgIpc) is 2.54. The smallest absolute Gasteiger partial charge is 0.198 e. The van der Waals surface area contributed by atoms with Gasteiger partial charge in [-0.1, -0.05) is 12.6 Å². The van der Waals surface area contributed by atoms with E-state index in [1.165, 1.54) is 9.80 Å². The number of benzene rings is 2. The van der Waals surface area contributed by atoms with Crippen LogP contribution >= 0.6 is 0 Å². The molecule has 4 nitrogen and oxygen atoms in total. The van der Waals surface area contributed by atoms with Crippen molar-refractivity contribution in [2.24, 2.45) is 0 Å². The molecule has 0 aliphatic heterocycles. The van der Waals surface area contributed by atoms with Gasteiger partial charge in [0.25, 0.3) is 0 Å². The van der Waals surface area contributed by atoms with Crippen LogP contribution in [0.2, 0.25) is 0 Å². The van der Waals surface area contributed by atoms with E-state index >= 15 is 0 Å². The third-order valence-electron chi connectivity index (χ3n) is 2.61. The SMILES string of the molecule is C[NH+](C)C.C[NH+](C)C.[O-]B([O-])c1c(F)c(F)c(F)c2c(F)c(F)c(F)c(F)c12. The van der Waals surface area contributed by atoms with Crippen LogP contribution in [-0.2, 0) is 0 Å². The molecule has 0 saturated heterocycles. The van der Waals surface area contributed by atoms with Gasteiger partial charge in [0, 0.05) is 5.39 Å². The fraction of sp³-hybridized carbons (Fsp3) is 0.375. The van der Waals surface area contributed by atoms with Crippen molar-refractivity contribution in [1.82, 2.24) is 0 Å². The molecule has 2 N–H and O–H groups in total. The Morgan fingerprint density at radius 3 is 1.04 bits per heavy atom. The summed E-state index contributed by atoms with van der Waals surface area (Å²) in [6, 6.07) is 0. The second-order valence-electron chi connectivity index (χ2n) is 6.69. The summed E-state index contributed by atoms with van der Waals surface area (Å²) in [5.41, 5.74) is -1.87. The molecule has 158 valence electrons. The average molecular weight is 416 g/mol. The predicted octanol–water partition coefficient (Wildman–Crippen LogP) is -2.25. The highest BCUT2D eigenvalue weighted by atomic mass is 19.2. The molecule has 2 rings (SSSR count). The lowest BCUT2D eigenvalue weighted by Gasteiger charge is -2.29. The van der Waals surface area contributed by atoms with Crippen LogP contribution in [0.15, 0.2) is 0 Å². The Bertz CT molecular complexity index is 813. The zero-order valence-electron chi connectivity index (χ0n) is 16.0. The molecular weight excluding hydrogens is 396 g/mol. The van der Waals surface area contributed by atoms with Gasteiger partial charge in [-0.2, -0.15) is 0 Å². The maximum Gasteiger partial charge on any atom is 0.198 e. The summed E-state index contributed by atoms with van der Waals surface area (Å²) in [6.45, 7) is 0. The van der Waals surface area contributed by atoms with E-state index in [4.69, 9.17) is 0 Å². The number of nitrogens with one attached hydrogen (secondary N) is 2. The van der Waals surface area contributed by atoms with Gasteiger partial charge in [-0.3, -0.25) is 0 Å². The van der Waals surface area contributed by atoms with Gasteiger partial charge < -0.3 is 19.8 Å². The van der Waals surface area contributed by atoms with Crippen molar-refractivity contribution < 1.29 is 50.6 Å². The van der Waals surface area contributed by atoms with Crippen molar-refractivity contribution in [3.05, 3.63) is 40.7 Å². The monoisotopic (exact) mass is 416 g/mol. The molecule has 0 bridgehead atoms. The first-order chi connectivity index (χ1) is 12.7. The number of quaternary nitrogens is 2. The summed E-state index contributed by atoms with van der Waals surface area (Å²) in [4.78, 5) is 2.83. The molecule has 28 heavy (non-hydrogen) atoms. The summed E-state index contributed by atoms with van der Waals surface area (Å²) in [6.07, 6.45) is 0. The Kier molecular flexibility index (Phi) is 9.89. The van der Waals surface area contributed by atoms with E-state index in [2.05, 4.69) is 42.3 Å². The minimum atomic E-state index is -3.41. The van der Waals surface area contributed by atoms with E-state index in [0.29, 0.717) is 0 Å².